The summed E-state index contributed by atoms with van der Waals surface area (Å²) >= 11 is 0. The molecule has 5 nitrogen and oxygen atoms in total. The number of methoxy groups -OCH3 is 1. The number of ether oxygens (including phenoxy) is 3. The van der Waals surface area contributed by atoms with Gasteiger partial charge in [-0.2, -0.15) is 0 Å². The fraction of sp³-hybridized carbons (Fsp3) is 0.286. The zero-order valence-electron chi connectivity index (χ0n) is 15.5. The summed E-state index contributed by atoms with van der Waals surface area (Å²) < 4.78 is 16.5. The molecule has 0 aliphatic rings. The zero-order valence-corrected chi connectivity index (χ0v) is 15.5. The third kappa shape index (κ3) is 5.55. The van der Waals surface area contributed by atoms with Crippen molar-refractivity contribution in [2.45, 2.75) is 20.3 Å². The Bertz CT molecular complexity index is 755. The van der Waals surface area contributed by atoms with Gasteiger partial charge >= 0.3 is 0 Å². The van der Waals surface area contributed by atoms with Gasteiger partial charge in [-0.3, -0.25) is 4.79 Å². The number of rotatable bonds is 9. The predicted molar refractivity (Wildman–Crippen MR) is 104 cm³/mol. The van der Waals surface area contributed by atoms with Gasteiger partial charge < -0.3 is 19.5 Å². The molecule has 0 atom stereocenters. The maximum absolute atomic E-state index is 12.2. The molecular weight excluding hydrogens is 330 g/mol. The van der Waals surface area contributed by atoms with E-state index >= 15 is 0 Å². The van der Waals surface area contributed by atoms with Crippen LogP contribution in [0.3, 0.4) is 0 Å². The van der Waals surface area contributed by atoms with Crippen LogP contribution in [0.25, 0.3) is 6.08 Å². The number of amides is 1. The zero-order chi connectivity index (χ0) is 18.8. The van der Waals surface area contributed by atoms with Crippen LogP contribution in [0, 0.1) is 0 Å². The summed E-state index contributed by atoms with van der Waals surface area (Å²) in [6.45, 7) is 5.12. The number of para-hydroxylation sites is 2. The van der Waals surface area contributed by atoms with E-state index in [1.54, 1.807) is 19.3 Å². The lowest BCUT2D eigenvalue weighted by Gasteiger charge is -2.11. The highest BCUT2D eigenvalue weighted by Gasteiger charge is 2.06. The second-order valence-electron chi connectivity index (χ2n) is 5.51. The monoisotopic (exact) mass is 355 g/mol. The predicted octanol–water partition coefficient (Wildman–Crippen LogP) is 4.53. The number of benzene rings is 2. The molecule has 5 heteroatoms. The van der Waals surface area contributed by atoms with Crippen molar-refractivity contribution in [3.05, 3.63) is 54.1 Å². The highest BCUT2D eigenvalue weighted by Crippen LogP contribution is 2.29. The molecule has 0 radical (unpaired) electrons. The Morgan fingerprint density at radius 1 is 1.04 bits per heavy atom. The van der Waals surface area contributed by atoms with Crippen LogP contribution in [0.15, 0.2) is 48.5 Å². The lowest BCUT2D eigenvalue weighted by Crippen LogP contribution is -2.09. The van der Waals surface area contributed by atoms with Crippen LogP contribution in [-0.2, 0) is 4.79 Å². The Labute approximate surface area is 154 Å². The van der Waals surface area contributed by atoms with Crippen LogP contribution in [0.4, 0.5) is 5.69 Å². The second kappa shape index (κ2) is 10.1. The van der Waals surface area contributed by atoms with Crippen molar-refractivity contribution in [3.8, 4) is 17.2 Å². The van der Waals surface area contributed by atoms with Gasteiger partial charge in [0, 0.05) is 6.08 Å². The van der Waals surface area contributed by atoms with Crippen LogP contribution in [0.1, 0.15) is 25.8 Å². The maximum atomic E-state index is 12.2. The summed E-state index contributed by atoms with van der Waals surface area (Å²) in [5.41, 5.74) is 1.49. The van der Waals surface area contributed by atoms with Gasteiger partial charge in [-0.15, -0.1) is 0 Å². The molecule has 2 rings (SSSR count). The van der Waals surface area contributed by atoms with Gasteiger partial charge in [0.15, 0.2) is 11.5 Å². The van der Waals surface area contributed by atoms with Crippen molar-refractivity contribution < 1.29 is 19.0 Å². The van der Waals surface area contributed by atoms with E-state index in [9.17, 15) is 4.79 Å². The Morgan fingerprint density at radius 3 is 2.58 bits per heavy atom. The lowest BCUT2D eigenvalue weighted by molar-refractivity contribution is -0.111. The molecule has 1 amide bonds. The van der Waals surface area contributed by atoms with Crippen LogP contribution >= 0.6 is 0 Å². The minimum atomic E-state index is -0.234. The highest BCUT2D eigenvalue weighted by atomic mass is 16.5. The first kappa shape index (κ1) is 19.4. The Balaban J connectivity index is 2.06. The number of anilines is 1. The van der Waals surface area contributed by atoms with Crippen molar-refractivity contribution in [3.63, 3.8) is 0 Å². The molecule has 0 aromatic heterocycles. The third-order valence-electron chi connectivity index (χ3n) is 3.52. The molecule has 0 heterocycles. The summed E-state index contributed by atoms with van der Waals surface area (Å²) in [7, 11) is 1.60. The first-order chi connectivity index (χ1) is 12.7. The number of nitrogens with one attached hydrogen (secondary N) is 1. The van der Waals surface area contributed by atoms with Crippen molar-refractivity contribution in [2.75, 3.05) is 25.6 Å². The Morgan fingerprint density at radius 2 is 1.85 bits per heavy atom. The molecule has 0 fully saturated rings. The van der Waals surface area contributed by atoms with E-state index in [0.717, 1.165) is 12.0 Å². The van der Waals surface area contributed by atoms with Crippen molar-refractivity contribution in [1.82, 2.24) is 0 Å². The fourth-order valence-corrected chi connectivity index (χ4v) is 2.32. The maximum Gasteiger partial charge on any atom is 0.248 e. The third-order valence-corrected chi connectivity index (χ3v) is 3.52. The van der Waals surface area contributed by atoms with Crippen LogP contribution in [0.2, 0.25) is 0 Å². The molecule has 0 spiro atoms. The van der Waals surface area contributed by atoms with E-state index in [1.165, 1.54) is 6.08 Å². The average Bonchev–Trinajstić information content (AvgIpc) is 2.66. The van der Waals surface area contributed by atoms with E-state index in [2.05, 4.69) is 5.32 Å². The van der Waals surface area contributed by atoms with Crippen molar-refractivity contribution >= 4 is 17.7 Å². The van der Waals surface area contributed by atoms with Gasteiger partial charge in [0.25, 0.3) is 0 Å². The summed E-state index contributed by atoms with van der Waals surface area (Å²) in [6.07, 6.45) is 4.13. The molecule has 138 valence electrons. The number of carbonyl (C=O) groups excluding carboxylic acids is 1. The van der Waals surface area contributed by atoms with Crippen molar-refractivity contribution in [1.29, 1.82) is 0 Å². The van der Waals surface area contributed by atoms with Gasteiger partial charge in [0.1, 0.15) is 5.75 Å². The lowest BCUT2D eigenvalue weighted by atomic mass is 10.2. The van der Waals surface area contributed by atoms with E-state index in [4.69, 9.17) is 14.2 Å². The summed E-state index contributed by atoms with van der Waals surface area (Å²) in [5.74, 6) is 1.75. The fourth-order valence-electron chi connectivity index (χ4n) is 2.32. The Hall–Kier alpha value is -2.95. The molecule has 0 bridgehead atoms. The number of hydrogen-bond donors (Lipinski definition) is 1. The van der Waals surface area contributed by atoms with E-state index in [-0.39, 0.29) is 5.91 Å². The minimum Gasteiger partial charge on any atom is -0.493 e. The molecule has 2 aromatic carbocycles. The number of carbonyl (C=O) groups is 1. The van der Waals surface area contributed by atoms with Crippen LogP contribution in [0.5, 0.6) is 17.2 Å². The molecule has 0 aliphatic carbocycles. The summed E-state index contributed by atoms with van der Waals surface area (Å²) in [5, 5.41) is 2.83. The van der Waals surface area contributed by atoms with E-state index in [0.29, 0.717) is 36.1 Å². The average molecular weight is 355 g/mol. The van der Waals surface area contributed by atoms with E-state index in [1.807, 2.05) is 50.2 Å². The van der Waals surface area contributed by atoms with Crippen molar-refractivity contribution in [2.24, 2.45) is 0 Å². The van der Waals surface area contributed by atoms with Gasteiger partial charge in [-0.05, 0) is 49.2 Å². The molecule has 0 aliphatic heterocycles. The molecule has 2 aromatic rings. The van der Waals surface area contributed by atoms with Crippen LogP contribution in [-0.4, -0.2) is 26.2 Å². The largest absolute Gasteiger partial charge is 0.493 e. The first-order valence-corrected chi connectivity index (χ1v) is 8.69. The highest BCUT2D eigenvalue weighted by molar-refractivity contribution is 6.02. The SMILES string of the molecule is CCCOc1ccc(C=CC(=O)Nc2ccccc2OCC)cc1OC. The smallest absolute Gasteiger partial charge is 0.248 e. The molecule has 0 saturated heterocycles. The molecule has 26 heavy (non-hydrogen) atoms. The standard InChI is InChI=1S/C21H25NO4/c1-4-14-26-19-12-10-16(15-20(19)24-3)11-13-21(23)22-17-8-6-7-9-18(17)25-5-2/h6-13,15H,4-5,14H2,1-3H3,(H,22,23). The van der Waals surface area contributed by atoms with Gasteiger partial charge in [0.05, 0.1) is 26.0 Å². The van der Waals surface area contributed by atoms with Gasteiger partial charge in [-0.1, -0.05) is 25.1 Å². The molecule has 1 N–H and O–H groups in total. The Kier molecular flexibility index (Phi) is 7.55. The summed E-state index contributed by atoms with van der Waals surface area (Å²) in [4.78, 5) is 12.2. The van der Waals surface area contributed by atoms with E-state index < -0.39 is 0 Å². The molecular formula is C21H25NO4. The second-order valence-corrected chi connectivity index (χ2v) is 5.51. The van der Waals surface area contributed by atoms with Crippen LogP contribution < -0.4 is 19.5 Å². The first-order valence-electron chi connectivity index (χ1n) is 8.69. The molecule has 0 unspecified atom stereocenters. The minimum absolute atomic E-state index is 0.234. The number of hydrogen-bond acceptors (Lipinski definition) is 4. The molecule has 0 saturated carbocycles. The quantitative estimate of drug-likeness (QED) is 0.671. The topological polar surface area (TPSA) is 56.8 Å². The summed E-state index contributed by atoms with van der Waals surface area (Å²) in [6, 6.07) is 12.9. The normalized spacial score (nSPS) is 10.6. The van der Waals surface area contributed by atoms with Gasteiger partial charge in [-0.25, -0.2) is 0 Å². The van der Waals surface area contributed by atoms with Gasteiger partial charge in [0.2, 0.25) is 5.91 Å².